The first-order valence-electron chi connectivity index (χ1n) is 4.21. The molecule has 16 heavy (non-hydrogen) atoms. The van der Waals surface area contributed by atoms with Crippen LogP contribution < -0.4 is 5.73 Å². The van der Waals surface area contributed by atoms with E-state index in [1.165, 1.54) is 12.3 Å². The number of hydrogen-bond acceptors (Lipinski definition) is 4. The number of nitrogens with two attached hydrogens (primary N) is 1. The van der Waals surface area contributed by atoms with Crippen LogP contribution in [0.15, 0.2) is 29.0 Å². The van der Waals surface area contributed by atoms with E-state index in [1.54, 1.807) is 0 Å². The number of halogens is 3. The lowest BCUT2D eigenvalue weighted by atomic mass is 10.2. The van der Waals surface area contributed by atoms with Crippen molar-refractivity contribution in [2.75, 3.05) is 5.73 Å². The maximum absolute atomic E-state index is 12.2. The molecule has 0 spiro atoms. The molecule has 0 aliphatic heterocycles. The van der Waals surface area contributed by atoms with Gasteiger partial charge in [-0.15, -0.1) is 0 Å². The third kappa shape index (κ3) is 1.97. The maximum atomic E-state index is 12.2. The fraction of sp³-hybridized carbons (Fsp3) is 0.111. The van der Waals surface area contributed by atoms with Crippen LogP contribution >= 0.6 is 0 Å². The summed E-state index contributed by atoms with van der Waals surface area (Å²) < 4.78 is 41.4. The van der Waals surface area contributed by atoms with E-state index < -0.39 is 11.7 Å². The molecule has 0 bridgehead atoms. The number of alkyl halides is 3. The van der Waals surface area contributed by atoms with Crippen LogP contribution in [0.2, 0.25) is 0 Å². The largest absolute Gasteiger partial charge is 0.432 e. The van der Waals surface area contributed by atoms with Crippen molar-refractivity contribution >= 4 is 6.01 Å². The number of hydrogen-bond donors (Lipinski definition) is 1. The highest BCUT2D eigenvalue weighted by Gasteiger charge is 2.30. The van der Waals surface area contributed by atoms with Gasteiger partial charge in [0.15, 0.2) is 0 Å². The van der Waals surface area contributed by atoms with Gasteiger partial charge in [0, 0.05) is 6.20 Å². The molecule has 0 amide bonds. The van der Waals surface area contributed by atoms with Crippen LogP contribution in [0.5, 0.6) is 0 Å². The van der Waals surface area contributed by atoms with Gasteiger partial charge in [-0.1, -0.05) is 0 Å². The van der Waals surface area contributed by atoms with Gasteiger partial charge < -0.3 is 10.2 Å². The molecule has 0 atom stereocenters. The number of pyridine rings is 1. The standard InChI is InChI=1S/C9H6F3N3O/c10-9(11,12)5-1-2-6(14-3-5)7-4-16-8(13)15-7/h1-4H,(H2,13,15). The second kappa shape index (κ2) is 3.51. The fourth-order valence-electron chi connectivity index (χ4n) is 1.12. The zero-order valence-electron chi connectivity index (χ0n) is 7.82. The quantitative estimate of drug-likeness (QED) is 0.815. The van der Waals surface area contributed by atoms with Gasteiger partial charge in [0.1, 0.15) is 12.0 Å². The first-order valence-corrected chi connectivity index (χ1v) is 4.21. The molecule has 7 heteroatoms. The van der Waals surface area contributed by atoms with Gasteiger partial charge in [0.25, 0.3) is 6.01 Å². The van der Waals surface area contributed by atoms with E-state index in [2.05, 4.69) is 9.97 Å². The average molecular weight is 229 g/mol. The molecule has 0 saturated carbocycles. The Morgan fingerprint density at radius 2 is 1.94 bits per heavy atom. The lowest BCUT2D eigenvalue weighted by Crippen LogP contribution is -2.05. The Bertz CT molecular complexity index is 489. The van der Waals surface area contributed by atoms with Crippen LogP contribution in [-0.2, 0) is 6.18 Å². The van der Waals surface area contributed by atoms with Gasteiger partial charge in [-0.3, -0.25) is 4.98 Å². The summed E-state index contributed by atoms with van der Waals surface area (Å²) in [5, 5.41) is 0. The summed E-state index contributed by atoms with van der Waals surface area (Å²) in [6.45, 7) is 0. The zero-order valence-corrected chi connectivity index (χ0v) is 7.82. The van der Waals surface area contributed by atoms with Crippen LogP contribution in [0.3, 0.4) is 0 Å². The summed E-state index contributed by atoms with van der Waals surface area (Å²) in [5.74, 6) is 0. The minimum absolute atomic E-state index is 0.0586. The van der Waals surface area contributed by atoms with Crippen molar-refractivity contribution in [3.05, 3.63) is 30.2 Å². The molecular weight excluding hydrogens is 223 g/mol. The van der Waals surface area contributed by atoms with Gasteiger partial charge in [0.05, 0.1) is 11.3 Å². The number of nitrogens with zero attached hydrogens (tertiary/aromatic N) is 2. The summed E-state index contributed by atoms with van der Waals surface area (Å²) in [7, 11) is 0. The SMILES string of the molecule is Nc1nc(-c2ccc(C(F)(F)F)cn2)co1. The summed E-state index contributed by atoms with van der Waals surface area (Å²) in [5.41, 5.74) is 4.99. The molecular formula is C9H6F3N3O. The number of anilines is 1. The Hall–Kier alpha value is -2.05. The van der Waals surface area contributed by atoms with Crippen molar-refractivity contribution in [3.8, 4) is 11.4 Å². The number of aromatic nitrogens is 2. The Kier molecular flexibility index (Phi) is 2.30. The van der Waals surface area contributed by atoms with Crippen LogP contribution in [0.1, 0.15) is 5.56 Å². The first-order chi connectivity index (χ1) is 7.47. The first kappa shape index (κ1) is 10.5. The summed E-state index contributed by atoms with van der Waals surface area (Å²) >= 11 is 0. The normalized spacial score (nSPS) is 11.7. The molecule has 2 aromatic rings. The van der Waals surface area contributed by atoms with Crippen LogP contribution in [0, 0.1) is 0 Å². The topological polar surface area (TPSA) is 64.9 Å². The van der Waals surface area contributed by atoms with Crippen LogP contribution in [0.25, 0.3) is 11.4 Å². The van der Waals surface area contributed by atoms with E-state index in [9.17, 15) is 13.2 Å². The van der Waals surface area contributed by atoms with Crippen molar-refractivity contribution in [3.63, 3.8) is 0 Å². The average Bonchev–Trinajstić information content (AvgIpc) is 2.64. The molecule has 0 radical (unpaired) electrons. The van der Waals surface area contributed by atoms with Gasteiger partial charge in [-0.25, -0.2) is 0 Å². The monoisotopic (exact) mass is 229 g/mol. The highest BCUT2D eigenvalue weighted by atomic mass is 19.4. The van der Waals surface area contributed by atoms with E-state index in [4.69, 9.17) is 10.2 Å². The van der Waals surface area contributed by atoms with E-state index in [0.29, 0.717) is 5.69 Å². The Morgan fingerprint density at radius 3 is 2.38 bits per heavy atom. The summed E-state index contributed by atoms with van der Waals surface area (Å²) in [6.07, 6.45) is -2.43. The molecule has 0 unspecified atom stereocenters. The second-order valence-corrected chi connectivity index (χ2v) is 3.00. The van der Waals surface area contributed by atoms with Gasteiger partial charge in [-0.05, 0) is 12.1 Å². The Labute approximate surface area is 87.9 Å². The van der Waals surface area contributed by atoms with E-state index in [-0.39, 0.29) is 11.7 Å². The molecule has 0 fully saturated rings. The lowest BCUT2D eigenvalue weighted by molar-refractivity contribution is -0.137. The smallest absolute Gasteiger partial charge is 0.417 e. The summed E-state index contributed by atoms with van der Waals surface area (Å²) in [6, 6.07) is 2.07. The number of nitrogen functional groups attached to an aromatic ring is 1. The third-order valence-electron chi connectivity index (χ3n) is 1.88. The molecule has 2 rings (SSSR count). The third-order valence-corrected chi connectivity index (χ3v) is 1.88. The minimum Gasteiger partial charge on any atom is -0.432 e. The van der Waals surface area contributed by atoms with Crippen molar-refractivity contribution in [2.24, 2.45) is 0 Å². The molecule has 2 heterocycles. The predicted octanol–water partition coefficient (Wildman–Crippen LogP) is 2.34. The van der Waals surface area contributed by atoms with Crippen molar-refractivity contribution in [2.45, 2.75) is 6.18 Å². The molecule has 0 aliphatic rings. The molecule has 0 aromatic carbocycles. The van der Waals surface area contributed by atoms with Crippen molar-refractivity contribution in [1.82, 2.24) is 9.97 Å². The second-order valence-electron chi connectivity index (χ2n) is 3.00. The van der Waals surface area contributed by atoms with Crippen molar-refractivity contribution in [1.29, 1.82) is 0 Å². The molecule has 4 nitrogen and oxygen atoms in total. The Morgan fingerprint density at radius 1 is 1.19 bits per heavy atom. The zero-order chi connectivity index (χ0) is 11.8. The van der Waals surface area contributed by atoms with Gasteiger partial charge in [-0.2, -0.15) is 18.2 Å². The lowest BCUT2D eigenvalue weighted by Gasteiger charge is -2.05. The minimum atomic E-state index is -4.39. The van der Waals surface area contributed by atoms with E-state index in [1.807, 2.05) is 0 Å². The van der Waals surface area contributed by atoms with Crippen LogP contribution in [-0.4, -0.2) is 9.97 Å². The highest BCUT2D eigenvalue weighted by Crippen LogP contribution is 2.29. The van der Waals surface area contributed by atoms with Gasteiger partial charge in [0.2, 0.25) is 0 Å². The highest BCUT2D eigenvalue weighted by molar-refractivity contribution is 5.53. The van der Waals surface area contributed by atoms with E-state index >= 15 is 0 Å². The maximum Gasteiger partial charge on any atom is 0.417 e. The predicted molar refractivity (Wildman–Crippen MR) is 49.1 cm³/mol. The molecule has 0 saturated heterocycles. The summed E-state index contributed by atoms with van der Waals surface area (Å²) in [4.78, 5) is 7.37. The fourth-order valence-corrected chi connectivity index (χ4v) is 1.12. The number of oxazole rings is 1. The van der Waals surface area contributed by atoms with E-state index in [0.717, 1.165) is 12.3 Å². The molecule has 2 N–H and O–H groups in total. The molecule has 84 valence electrons. The molecule has 2 aromatic heterocycles. The van der Waals surface area contributed by atoms with Crippen LogP contribution in [0.4, 0.5) is 19.2 Å². The molecule has 0 aliphatic carbocycles. The van der Waals surface area contributed by atoms with Crippen molar-refractivity contribution < 1.29 is 17.6 Å². The Balaban J connectivity index is 2.33. The van der Waals surface area contributed by atoms with Gasteiger partial charge >= 0.3 is 6.18 Å². The number of rotatable bonds is 1.